The fraction of sp³-hybridized carbons (Fsp3) is 0.353. The van der Waals surface area contributed by atoms with Crippen LogP contribution >= 0.6 is 11.3 Å². The Morgan fingerprint density at radius 3 is 2.64 bits per heavy atom. The highest BCUT2D eigenvalue weighted by atomic mass is 32.1. The summed E-state index contributed by atoms with van der Waals surface area (Å²) in [5.41, 5.74) is 2.80. The number of benzene rings is 1. The molecule has 1 aromatic carbocycles. The molecule has 0 aliphatic heterocycles. The van der Waals surface area contributed by atoms with Crippen LogP contribution in [0.4, 0.5) is 0 Å². The number of amides is 1. The van der Waals surface area contributed by atoms with E-state index < -0.39 is 0 Å². The van der Waals surface area contributed by atoms with E-state index in [-0.39, 0.29) is 5.91 Å². The molecule has 25 heavy (non-hydrogen) atoms. The number of nitrogens with zero attached hydrogens (tertiary/aromatic N) is 5. The van der Waals surface area contributed by atoms with Gasteiger partial charge < -0.3 is 5.32 Å². The first-order chi connectivity index (χ1) is 12.0. The average molecular weight is 356 g/mol. The van der Waals surface area contributed by atoms with E-state index in [4.69, 9.17) is 0 Å². The van der Waals surface area contributed by atoms with Crippen LogP contribution in [0.3, 0.4) is 0 Å². The summed E-state index contributed by atoms with van der Waals surface area (Å²) in [6.07, 6.45) is 1.87. The lowest BCUT2D eigenvalue weighted by Crippen LogP contribution is -2.24. The van der Waals surface area contributed by atoms with E-state index in [0.29, 0.717) is 18.9 Å². The molecule has 0 fully saturated rings. The maximum atomic E-state index is 12.2. The van der Waals surface area contributed by atoms with E-state index >= 15 is 0 Å². The summed E-state index contributed by atoms with van der Waals surface area (Å²) in [7, 11) is 0. The SMILES string of the molecule is Cc1nc(C(C)C)sc1CNC(=O)Cc1ccc(-n2cnnn2)cc1. The minimum absolute atomic E-state index is 0.00549. The summed E-state index contributed by atoms with van der Waals surface area (Å²) in [5.74, 6) is 0.404. The van der Waals surface area contributed by atoms with Crippen molar-refractivity contribution in [3.8, 4) is 5.69 Å². The smallest absolute Gasteiger partial charge is 0.224 e. The maximum absolute atomic E-state index is 12.2. The van der Waals surface area contributed by atoms with Gasteiger partial charge in [-0.1, -0.05) is 26.0 Å². The fourth-order valence-corrected chi connectivity index (χ4v) is 3.34. The average Bonchev–Trinajstić information content (AvgIpc) is 3.23. The summed E-state index contributed by atoms with van der Waals surface area (Å²) < 4.78 is 1.57. The quantitative estimate of drug-likeness (QED) is 0.733. The van der Waals surface area contributed by atoms with Crippen LogP contribution in [-0.4, -0.2) is 31.1 Å². The summed E-state index contributed by atoms with van der Waals surface area (Å²) in [6, 6.07) is 7.60. The van der Waals surface area contributed by atoms with Crippen LogP contribution in [0, 0.1) is 6.92 Å². The lowest BCUT2D eigenvalue weighted by atomic mass is 10.1. The first-order valence-electron chi connectivity index (χ1n) is 8.08. The summed E-state index contributed by atoms with van der Waals surface area (Å²) in [5, 5.41) is 15.1. The number of nitrogens with one attached hydrogen (secondary N) is 1. The first kappa shape index (κ1) is 17.2. The van der Waals surface area contributed by atoms with Gasteiger partial charge in [-0.3, -0.25) is 4.79 Å². The number of aromatic nitrogens is 5. The molecule has 1 amide bonds. The highest BCUT2D eigenvalue weighted by Crippen LogP contribution is 2.24. The molecule has 8 heteroatoms. The van der Waals surface area contributed by atoms with Gasteiger partial charge in [-0.15, -0.1) is 16.4 Å². The Kier molecular flexibility index (Phi) is 5.18. The van der Waals surface area contributed by atoms with Crippen molar-refractivity contribution in [2.24, 2.45) is 0 Å². The van der Waals surface area contributed by atoms with Gasteiger partial charge in [0.2, 0.25) is 5.91 Å². The van der Waals surface area contributed by atoms with Crippen molar-refractivity contribution < 1.29 is 4.79 Å². The molecule has 0 radical (unpaired) electrons. The molecule has 3 aromatic rings. The van der Waals surface area contributed by atoms with E-state index in [0.717, 1.165) is 26.8 Å². The zero-order valence-corrected chi connectivity index (χ0v) is 15.2. The van der Waals surface area contributed by atoms with Crippen molar-refractivity contribution in [3.05, 3.63) is 51.7 Å². The molecule has 0 atom stereocenters. The molecule has 130 valence electrons. The molecule has 3 rings (SSSR count). The fourth-order valence-electron chi connectivity index (χ4n) is 2.33. The number of tetrazole rings is 1. The van der Waals surface area contributed by atoms with E-state index in [1.807, 2.05) is 31.2 Å². The van der Waals surface area contributed by atoms with E-state index in [9.17, 15) is 4.79 Å². The molecule has 2 heterocycles. The minimum Gasteiger partial charge on any atom is -0.351 e. The van der Waals surface area contributed by atoms with E-state index in [2.05, 4.69) is 39.7 Å². The lowest BCUT2D eigenvalue weighted by Gasteiger charge is -2.05. The van der Waals surface area contributed by atoms with Crippen LogP contribution in [0.1, 0.15) is 40.9 Å². The minimum atomic E-state index is -0.00549. The molecule has 0 unspecified atom stereocenters. The van der Waals surface area contributed by atoms with Crippen LogP contribution in [0.2, 0.25) is 0 Å². The second-order valence-electron chi connectivity index (χ2n) is 6.09. The van der Waals surface area contributed by atoms with Crippen molar-refractivity contribution in [2.45, 2.75) is 39.7 Å². The second-order valence-corrected chi connectivity index (χ2v) is 7.20. The summed E-state index contributed by atoms with van der Waals surface area (Å²) in [6.45, 7) is 6.76. The Hall–Kier alpha value is -2.61. The molecule has 0 spiro atoms. The van der Waals surface area contributed by atoms with Gasteiger partial charge in [-0.2, -0.15) is 0 Å². The van der Waals surface area contributed by atoms with Gasteiger partial charge in [0, 0.05) is 10.8 Å². The third-order valence-corrected chi connectivity index (χ3v) is 5.22. The van der Waals surface area contributed by atoms with E-state index in [1.54, 1.807) is 16.0 Å². The Balaban J connectivity index is 1.56. The Morgan fingerprint density at radius 1 is 1.28 bits per heavy atom. The maximum Gasteiger partial charge on any atom is 0.224 e. The second kappa shape index (κ2) is 7.52. The van der Waals surface area contributed by atoms with Gasteiger partial charge in [-0.05, 0) is 35.0 Å². The number of aryl methyl sites for hydroxylation is 1. The normalized spacial score (nSPS) is 11.0. The lowest BCUT2D eigenvalue weighted by molar-refractivity contribution is -0.120. The topological polar surface area (TPSA) is 85.6 Å². The summed E-state index contributed by atoms with van der Waals surface area (Å²) >= 11 is 1.67. The van der Waals surface area contributed by atoms with Crippen molar-refractivity contribution in [3.63, 3.8) is 0 Å². The summed E-state index contributed by atoms with van der Waals surface area (Å²) in [4.78, 5) is 17.9. The van der Waals surface area contributed by atoms with Gasteiger partial charge in [0.15, 0.2) is 0 Å². The van der Waals surface area contributed by atoms with Gasteiger partial charge in [-0.25, -0.2) is 9.67 Å². The number of carbonyl (C=O) groups is 1. The molecule has 0 aliphatic carbocycles. The van der Waals surface area contributed by atoms with Crippen LogP contribution in [-0.2, 0) is 17.8 Å². The number of carbonyl (C=O) groups excluding carboxylic acids is 1. The molecular formula is C17H20N6OS. The molecule has 2 aromatic heterocycles. The van der Waals surface area contributed by atoms with Crippen LogP contribution < -0.4 is 5.32 Å². The molecule has 0 saturated carbocycles. The Labute approximate surface area is 150 Å². The zero-order valence-electron chi connectivity index (χ0n) is 14.4. The zero-order chi connectivity index (χ0) is 17.8. The van der Waals surface area contributed by atoms with Crippen LogP contribution in [0.25, 0.3) is 5.69 Å². The van der Waals surface area contributed by atoms with Crippen molar-refractivity contribution in [1.82, 2.24) is 30.5 Å². The number of hydrogen-bond acceptors (Lipinski definition) is 6. The largest absolute Gasteiger partial charge is 0.351 e. The Bertz CT molecular complexity index is 839. The predicted octanol–water partition coefficient (Wildman–Crippen LogP) is 2.41. The van der Waals surface area contributed by atoms with Gasteiger partial charge >= 0.3 is 0 Å². The molecule has 1 N–H and O–H groups in total. The van der Waals surface area contributed by atoms with Crippen molar-refractivity contribution >= 4 is 17.2 Å². The first-order valence-corrected chi connectivity index (χ1v) is 8.90. The van der Waals surface area contributed by atoms with Crippen LogP contribution in [0.5, 0.6) is 0 Å². The molecule has 0 aliphatic rings. The molecule has 0 bridgehead atoms. The Morgan fingerprint density at radius 2 is 2.04 bits per heavy atom. The predicted molar refractivity (Wildman–Crippen MR) is 95.6 cm³/mol. The third-order valence-electron chi connectivity index (χ3n) is 3.76. The van der Waals surface area contributed by atoms with Crippen molar-refractivity contribution in [1.29, 1.82) is 0 Å². The van der Waals surface area contributed by atoms with Gasteiger partial charge in [0.1, 0.15) is 6.33 Å². The van der Waals surface area contributed by atoms with Crippen LogP contribution in [0.15, 0.2) is 30.6 Å². The highest BCUT2D eigenvalue weighted by molar-refractivity contribution is 7.11. The number of rotatable bonds is 6. The van der Waals surface area contributed by atoms with Crippen molar-refractivity contribution in [2.75, 3.05) is 0 Å². The standard InChI is InChI=1S/C17H20N6OS/c1-11(2)17-20-12(3)15(25-17)9-18-16(24)8-13-4-6-14(7-5-13)23-10-19-21-22-23/h4-7,10-11H,8-9H2,1-3H3,(H,18,24). The van der Waals surface area contributed by atoms with E-state index in [1.165, 1.54) is 6.33 Å². The molecule has 0 saturated heterocycles. The number of thiazole rings is 1. The van der Waals surface area contributed by atoms with Gasteiger partial charge in [0.25, 0.3) is 0 Å². The monoisotopic (exact) mass is 356 g/mol. The third kappa shape index (κ3) is 4.27. The molecular weight excluding hydrogens is 336 g/mol. The highest BCUT2D eigenvalue weighted by Gasteiger charge is 2.11. The van der Waals surface area contributed by atoms with Gasteiger partial charge in [0.05, 0.1) is 29.4 Å². The molecule has 7 nitrogen and oxygen atoms in total. The number of hydrogen-bond donors (Lipinski definition) is 1.